The van der Waals surface area contributed by atoms with E-state index in [1.807, 2.05) is 11.4 Å². The van der Waals surface area contributed by atoms with Crippen molar-refractivity contribution in [2.75, 3.05) is 32.5 Å². The third-order valence-electron chi connectivity index (χ3n) is 2.69. The van der Waals surface area contributed by atoms with E-state index in [4.69, 9.17) is 0 Å². The molecule has 108 valence electrons. The lowest BCUT2D eigenvalue weighted by Crippen LogP contribution is -2.37. The largest absolute Gasteiger partial charge is 0.325 e. The molecule has 1 aromatic heterocycles. The van der Waals surface area contributed by atoms with Crippen molar-refractivity contribution >= 4 is 22.9 Å². The molecule has 4 nitrogen and oxygen atoms in total. The van der Waals surface area contributed by atoms with Crippen LogP contribution in [-0.2, 0) is 11.3 Å². The topological polar surface area (TPSA) is 44.4 Å². The lowest BCUT2D eigenvalue weighted by molar-refractivity contribution is -0.114. The molecule has 1 amide bonds. The molecule has 1 aromatic rings. The summed E-state index contributed by atoms with van der Waals surface area (Å²) in [6.45, 7) is 8.83. The molecule has 0 saturated heterocycles. The van der Waals surface area contributed by atoms with E-state index in [2.05, 4.69) is 43.5 Å². The third-order valence-corrected chi connectivity index (χ3v) is 3.61. The van der Waals surface area contributed by atoms with Gasteiger partial charge in [0.05, 0.1) is 5.69 Å². The van der Waals surface area contributed by atoms with Gasteiger partial charge in [-0.15, -0.1) is 11.3 Å². The number of amides is 1. The van der Waals surface area contributed by atoms with Crippen molar-refractivity contribution in [1.82, 2.24) is 10.2 Å². The maximum Gasteiger partial charge on any atom is 0.221 e. The van der Waals surface area contributed by atoms with Crippen LogP contribution in [-0.4, -0.2) is 38.0 Å². The number of carbonyl (C=O) groups excluding carboxylic acids is 1. The van der Waals surface area contributed by atoms with Gasteiger partial charge in [0, 0.05) is 31.4 Å². The van der Waals surface area contributed by atoms with Crippen molar-refractivity contribution in [2.24, 2.45) is 5.41 Å². The Bertz CT molecular complexity index is 413. The minimum absolute atomic E-state index is 0.0208. The highest BCUT2D eigenvalue weighted by Crippen LogP contribution is 2.22. The summed E-state index contributed by atoms with van der Waals surface area (Å²) in [6, 6.07) is 1.95. The van der Waals surface area contributed by atoms with Gasteiger partial charge in [0.15, 0.2) is 0 Å². The van der Waals surface area contributed by atoms with Crippen molar-refractivity contribution in [2.45, 2.75) is 27.3 Å². The lowest BCUT2D eigenvalue weighted by atomic mass is 9.93. The van der Waals surface area contributed by atoms with Gasteiger partial charge in [0.25, 0.3) is 0 Å². The molecule has 19 heavy (non-hydrogen) atoms. The summed E-state index contributed by atoms with van der Waals surface area (Å²) < 4.78 is 0. The number of nitrogens with one attached hydrogen (secondary N) is 2. The first kappa shape index (κ1) is 16.1. The average molecular weight is 283 g/mol. The SMILES string of the molecule is CC(=O)Nc1ccsc1CNCC(C)(C)CN(C)C. The van der Waals surface area contributed by atoms with Crippen molar-refractivity contribution in [3.8, 4) is 0 Å². The van der Waals surface area contributed by atoms with Crippen LogP contribution in [0.5, 0.6) is 0 Å². The highest BCUT2D eigenvalue weighted by molar-refractivity contribution is 7.10. The molecule has 0 atom stereocenters. The minimum Gasteiger partial charge on any atom is -0.325 e. The summed E-state index contributed by atoms with van der Waals surface area (Å²) in [6.07, 6.45) is 0. The van der Waals surface area contributed by atoms with Gasteiger partial charge in [-0.05, 0) is 31.0 Å². The van der Waals surface area contributed by atoms with Crippen molar-refractivity contribution in [3.05, 3.63) is 16.3 Å². The summed E-state index contributed by atoms with van der Waals surface area (Å²) >= 11 is 1.67. The van der Waals surface area contributed by atoms with E-state index in [0.717, 1.165) is 25.3 Å². The van der Waals surface area contributed by atoms with Gasteiger partial charge in [0.2, 0.25) is 5.91 Å². The van der Waals surface area contributed by atoms with Gasteiger partial charge < -0.3 is 15.5 Å². The fraction of sp³-hybridized carbons (Fsp3) is 0.643. The predicted molar refractivity (Wildman–Crippen MR) is 82.7 cm³/mol. The summed E-state index contributed by atoms with van der Waals surface area (Å²) in [5.74, 6) is -0.0208. The van der Waals surface area contributed by atoms with E-state index >= 15 is 0 Å². The van der Waals surface area contributed by atoms with E-state index < -0.39 is 0 Å². The molecule has 5 heteroatoms. The van der Waals surface area contributed by atoms with Crippen LogP contribution in [0.15, 0.2) is 11.4 Å². The zero-order valence-corrected chi connectivity index (χ0v) is 13.4. The Labute approximate surface area is 120 Å². The first-order chi connectivity index (χ1) is 8.80. The van der Waals surface area contributed by atoms with Crippen LogP contribution >= 0.6 is 11.3 Å². The summed E-state index contributed by atoms with van der Waals surface area (Å²) in [7, 11) is 4.19. The number of rotatable bonds is 7. The number of hydrogen-bond acceptors (Lipinski definition) is 4. The van der Waals surface area contributed by atoms with Crippen molar-refractivity contribution < 1.29 is 4.79 Å². The molecule has 0 aromatic carbocycles. The number of anilines is 1. The molecule has 0 aliphatic carbocycles. The summed E-state index contributed by atoms with van der Waals surface area (Å²) in [4.78, 5) is 14.5. The molecular formula is C14H25N3OS. The molecule has 0 fully saturated rings. The number of nitrogens with zero attached hydrogens (tertiary/aromatic N) is 1. The highest BCUT2D eigenvalue weighted by Gasteiger charge is 2.18. The molecule has 0 unspecified atom stereocenters. The molecule has 0 saturated carbocycles. The Kier molecular flexibility index (Phi) is 5.97. The minimum atomic E-state index is -0.0208. The maximum atomic E-state index is 11.1. The quantitative estimate of drug-likeness (QED) is 0.807. The summed E-state index contributed by atoms with van der Waals surface area (Å²) in [5.41, 5.74) is 1.16. The molecule has 1 rings (SSSR count). The van der Waals surface area contributed by atoms with Crippen LogP contribution in [0.4, 0.5) is 5.69 Å². The molecule has 0 aliphatic rings. The van der Waals surface area contributed by atoms with Crippen LogP contribution < -0.4 is 10.6 Å². The Morgan fingerprint density at radius 2 is 2.11 bits per heavy atom. The standard InChI is InChI=1S/C14H25N3OS/c1-11(18)16-12-6-7-19-13(12)8-15-9-14(2,3)10-17(4)5/h6-7,15H,8-10H2,1-5H3,(H,16,18). The number of thiophene rings is 1. The fourth-order valence-corrected chi connectivity index (χ4v) is 3.00. The van der Waals surface area contributed by atoms with Crippen LogP contribution in [0.1, 0.15) is 25.6 Å². The molecule has 0 bridgehead atoms. The first-order valence-corrected chi connectivity index (χ1v) is 7.37. The molecule has 1 heterocycles. The smallest absolute Gasteiger partial charge is 0.221 e. The second kappa shape index (κ2) is 7.03. The van der Waals surface area contributed by atoms with Crippen molar-refractivity contribution in [1.29, 1.82) is 0 Å². The predicted octanol–water partition coefficient (Wildman–Crippen LogP) is 2.38. The Morgan fingerprint density at radius 1 is 1.42 bits per heavy atom. The molecule has 0 aliphatic heterocycles. The molecule has 0 spiro atoms. The average Bonchev–Trinajstić information content (AvgIpc) is 2.62. The first-order valence-electron chi connectivity index (χ1n) is 6.49. The fourth-order valence-electron chi connectivity index (χ4n) is 2.20. The molecule has 2 N–H and O–H groups in total. The van der Waals surface area contributed by atoms with Gasteiger partial charge >= 0.3 is 0 Å². The lowest BCUT2D eigenvalue weighted by Gasteiger charge is -2.28. The Hall–Kier alpha value is -0.910. The van der Waals surface area contributed by atoms with Gasteiger partial charge in [-0.1, -0.05) is 13.8 Å². The molecule has 0 radical (unpaired) electrons. The van der Waals surface area contributed by atoms with Gasteiger partial charge in [-0.25, -0.2) is 0 Å². The third kappa shape index (κ3) is 6.18. The van der Waals surface area contributed by atoms with Crippen LogP contribution in [0.3, 0.4) is 0 Å². The van der Waals surface area contributed by atoms with Crippen molar-refractivity contribution in [3.63, 3.8) is 0 Å². The Morgan fingerprint density at radius 3 is 2.68 bits per heavy atom. The number of hydrogen-bond donors (Lipinski definition) is 2. The monoisotopic (exact) mass is 283 g/mol. The maximum absolute atomic E-state index is 11.1. The summed E-state index contributed by atoms with van der Waals surface area (Å²) in [5, 5.41) is 8.34. The van der Waals surface area contributed by atoms with Gasteiger partial charge in [0.1, 0.15) is 0 Å². The van der Waals surface area contributed by atoms with Crippen LogP contribution in [0.25, 0.3) is 0 Å². The highest BCUT2D eigenvalue weighted by atomic mass is 32.1. The zero-order valence-electron chi connectivity index (χ0n) is 12.5. The van der Waals surface area contributed by atoms with E-state index in [9.17, 15) is 4.79 Å². The Balaban J connectivity index is 2.45. The zero-order chi connectivity index (χ0) is 14.5. The van der Waals surface area contributed by atoms with Gasteiger partial charge in [-0.3, -0.25) is 4.79 Å². The second-order valence-corrected chi connectivity index (χ2v) is 6.94. The van der Waals surface area contributed by atoms with E-state index in [1.165, 1.54) is 11.8 Å². The van der Waals surface area contributed by atoms with Crippen LogP contribution in [0, 0.1) is 5.41 Å². The molecular weight excluding hydrogens is 258 g/mol. The van der Waals surface area contributed by atoms with E-state index in [-0.39, 0.29) is 11.3 Å². The van der Waals surface area contributed by atoms with Gasteiger partial charge in [-0.2, -0.15) is 0 Å². The van der Waals surface area contributed by atoms with E-state index in [0.29, 0.717) is 0 Å². The second-order valence-electron chi connectivity index (χ2n) is 5.94. The normalized spacial score (nSPS) is 11.9. The number of carbonyl (C=O) groups is 1. The van der Waals surface area contributed by atoms with Crippen LogP contribution in [0.2, 0.25) is 0 Å². The van der Waals surface area contributed by atoms with E-state index in [1.54, 1.807) is 11.3 Å².